The molecule has 0 spiro atoms. The highest BCUT2D eigenvalue weighted by Gasteiger charge is 2.21. The quantitative estimate of drug-likeness (QED) is 0.551. The Balaban J connectivity index is 3.71. The van der Waals surface area contributed by atoms with Gasteiger partial charge in [-0.25, -0.2) is 27.1 Å². The van der Waals surface area contributed by atoms with Gasteiger partial charge in [0.15, 0.2) is 0 Å². The Morgan fingerprint density at radius 3 is 1.73 bits per heavy atom. The Bertz CT molecular complexity index is 591. The minimum absolute atomic E-state index is 0.0754. The van der Waals surface area contributed by atoms with Gasteiger partial charge in [0.05, 0.1) is 0 Å². The standard InChI is InChI=1S/C6H9N3O4S2/c7-4-1-2-5(14(8,10)11)6(3-4)15(9,12)13/h1-3H,7H2,(H2,8,10,11)(H2,9,12,13). The molecule has 15 heavy (non-hydrogen) atoms. The van der Waals surface area contributed by atoms with E-state index < -0.39 is 29.8 Å². The molecule has 0 saturated carbocycles. The first-order chi connectivity index (χ1) is 6.62. The predicted molar refractivity (Wildman–Crippen MR) is 53.6 cm³/mol. The highest BCUT2D eigenvalue weighted by molar-refractivity contribution is 7.92. The molecule has 9 heteroatoms. The second-order valence-electron chi connectivity index (χ2n) is 2.80. The first-order valence-corrected chi connectivity index (χ1v) is 6.67. The van der Waals surface area contributed by atoms with Crippen molar-refractivity contribution in [3.63, 3.8) is 0 Å². The summed E-state index contributed by atoms with van der Waals surface area (Å²) in [4.78, 5) is -1.18. The molecule has 0 unspecified atom stereocenters. The molecule has 0 saturated heterocycles. The van der Waals surface area contributed by atoms with E-state index in [9.17, 15) is 16.8 Å². The van der Waals surface area contributed by atoms with Crippen LogP contribution in [0.1, 0.15) is 0 Å². The number of rotatable bonds is 2. The number of primary sulfonamides is 2. The Labute approximate surface area is 87.0 Å². The molecule has 0 fully saturated rings. The Morgan fingerprint density at radius 2 is 1.33 bits per heavy atom. The van der Waals surface area contributed by atoms with Crippen LogP contribution in [0.4, 0.5) is 5.69 Å². The van der Waals surface area contributed by atoms with Crippen molar-refractivity contribution in [3.8, 4) is 0 Å². The van der Waals surface area contributed by atoms with Crippen LogP contribution in [-0.2, 0) is 20.0 Å². The molecule has 6 N–H and O–H groups in total. The summed E-state index contributed by atoms with van der Waals surface area (Å²) in [6.07, 6.45) is 0. The van der Waals surface area contributed by atoms with Gasteiger partial charge in [0.25, 0.3) is 0 Å². The largest absolute Gasteiger partial charge is 0.399 e. The predicted octanol–water partition coefficient (Wildman–Crippen LogP) is -1.44. The van der Waals surface area contributed by atoms with Gasteiger partial charge in [0.2, 0.25) is 20.0 Å². The average Bonchev–Trinajstić information content (AvgIpc) is 2.00. The summed E-state index contributed by atoms with van der Waals surface area (Å²) in [5, 5.41) is 9.64. The number of benzene rings is 1. The molecule has 84 valence electrons. The van der Waals surface area contributed by atoms with Crippen LogP contribution in [-0.4, -0.2) is 16.8 Å². The van der Waals surface area contributed by atoms with E-state index in [1.54, 1.807) is 0 Å². The Hall–Kier alpha value is -1.16. The smallest absolute Gasteiger partial charge is 0.239 e. The molecule has 0 heterocycles. The topological polar surface area (TPSA) is 146 Å². The molecule has 0 amide bonds. The van der Waals surface area contributed by atoms with Crippen molar-refractivity contribution in [1.29, 1.82) is 0 Å². The monoisotopic (exact) mass is 251 g/mol. The second kappa shape index (κ2) is 3.45. The second-order valence-corrected chi connectivity index (χ2v) is 5.86. The lowest BCUT2D eigenvalue weighted by Gasteiger charge is -2.06. The maximum atomic E-state index is 11.1. The molecule has 1 aromatic carbocycles. The van der Waals surface area contributed by atoms with Gasteiger partial charge in [-0.2, -0.15) is 0 Å². The first-order valence-electron chi connectivity index (χ1n) is 3.57. The SMILES string of the molecule is Nc1ccc(S(N)(=O)=O)c(S(N)(=O)=O)c1. The number of anilines is 1. The maximum absolute atomic E-state index is 11.1. The summed E-state index contributed by atoms with van der Waals surface area (Å²) in [6.45, 7) is 0. The van der Waals surface area contributed by atoms with Gasteiger partial charge in [0, 0.05) is 5.69 Å². The molecule has 0 aliphatic carbocycles. The number of hydrogen-bond donors (Lipinski definition) is 3. The number of hydrogen-bond acceptors (Lipinski definition) is 5. The normalized spacial score (nSPS) is 12.7. The molecule has 0 radical (unpaired) electrons. The van der Waals surface area contributed by atoms with Crippen LogP contribution < -0.4 is 16.0 Å². The Morgan fingerprint density at radius 1 is 0.867 bits per heavy atom. The minimum Gasteiger partial charge on any atom is -0.399 e. The van der Waals surface area contributed by atoms with Crippen LogP contribution in [0.2, 0.25) is 0 Å². The molecule has 0 aliphatic rings. The van der Waals surface area contributed by atoms with Gasteiger partial charge < -0.3 is 5.73 Å². The Kier molecular flexibility index (Phi) is 2.74. The first kappa shape index (κ1) is 11.9. The third-order valence-electron chi connectivity index (χ3n) is 1.58. The van der Waals surface area contributed by atoms with Gasteiger partial charge in [-0.05, 0) is 18.2 Å². The zero-order valence-electron chi connectivity index (χ0n) is 7.41. The molecular weight excluding hydrogens is 242 g/mol. The van der Waals surface area contributed by atoms with E-state index in [0.29, 0.717) is 0 Å². The van der Waals surface area contributed by atoms with Crippen LogP contribution in [0.25, 0.3) is 0 Å². The van der Waals surface area contributed by atoms with E-state index >= 15 is 0 Å². The van der Waals surface area contributed by atoms with Crippen LogP contribution in [0.15, 0.2) is 28.0 Å². The molecular formula is C6H9N3O4S2. The number of nitrogen functional groups attached to an aromatic ring is 1. The van der Waals surface area contributed by atoms with Gasteiger partial charge in [-0.3, -0.25) is 0 Å². The van der Waals surface area contributed by atoms with E-state index in [2.05, 4.69) is 0 Å². The average molecular weight is 251 g/mol. The van der Waals surface area contributed by atoms with Crippen molar-refractivity contribution < 1.29 is 16.8 Å². The number of sulfonamides is 2. The molecule has 0 aliphatic heterocycles. The fourth-order valence-electron chi connectivity index (χ4n) is 0.982. The third kappa shape index (κ3) is 2.65. The van der Waals surface area contributed by atoms with Crippen molar-refractivity contribution in [2.75, 3.05) is 5.73 Å². The van der Waals surface area contributed by atoms with Crippen LogP contribution in [0, 0.1) is 0 Å². The van der Waals surface area contributed by atoms with Crippen molar-refractivity contribution in [1.82, 2.24) is 0 Å². The minimum atomic E-state index is -4.18. The van der Waals surface area contributed by atoms with E-state index in [1.807, 2.05) is 0 Å². The van der Waals surface area contributed by atoms with E-state index in [4.69, 9.17) is 16.0 Å². The lowest BCUT2D eigenvalue weighted by atomic mass is 10.3. The summed E-state index contributed by atoms with van der Waals surface area (Å²) in [6, 6.07) is 3.15. The molecule has 0 aromatic heterocycles. The third-order valence-corrected chi connectivity index (χ3v) is 3.63. The molecule has 1 aromatic rings. The molecule has 1 rings (SSSR count). The lowest BCUT2D eigenvalue weighted by Crippen LogP contribution is -2.20. The molecule has 7 nitrogen and oxygen atoms in total. The van der Waals surface area contributed by atoms with E-state index in [1.165, 1.54) is 6.07 Å². The van der Waals surface area contributed by atoms with Crippen molar-refractivity contribution >= 4 is 25.7 Å². The van der Waals surface area contributed by atoms with E-state index in [0.717, 1.165) is 12.1 Å². The fourth-order valence-corrected chi connectivity index (χ4v) is 2.92. The van der Waals surface area contributed by atoms with Crippen molar-refractivity contribution in [3.05, 3.63) is 18.2 Å². The van der Waals surface area contributed by atoms with Crippen molar-refractivity contribution in [2.24, 2.45) is 10.3 Å². The fraction of sp³-hybridized carbons (Fsp3) is 0. The highest BCUT2D eigenvalue weighted by atomic mass is 32.2. The number of nitrogens with two attached hydrogens (primary N) is 3. The zero-order chi connectivity index (χ0) is 11.9. The highest BCUT2D eigenvalue weighted by Crippen LogP contribution is 2.21. The van der Waals surface area contributed by atoms with Gasteiger partial charge in [-0.1, -0.05) is 0 Å². The summed E-state index contributed by atoms with van der Waals surface area (Å²) < 4.78 is 44.2. The van der Waals surface area contributed by atoms with E-state index in [-0.39, 0.29) is 5.69 Å². The maximum Gasteiger partial charge on any atom is 0.239 e. The van der Waals surface area contributed by atoms with Crippen LogP contribution in [0.5, 0.6) is 0 Å². The molecule has 0 atom stereocenters. The van der Waals surface area contributed by atoms with Crippen LogP contribution >= 0.6 is 0 Å². The lowest BCUT2D eigenvalue weighted by molar-refractivity contribution is 0.584. The summed E-state index contributed by atoms with van der Waals surface area (Å²) >= 11 is 0. The van der Waals surface area contributed by atoms with Gasteiger partial charge in [0.1, 0.15) is 9.79 Å². The van der Waals surface area contributed by atoms with Crippen molar-refractivity contribution in [2.45, 2.75) is 9.79 Å². The zero-order valence-corrected chi connectivity index (χ0v) is 9.05. The summed E-state index contributed by atoms with van der Waals surface area (Å²) in [5.74, 6) is 0. The van der Waals surface area contributed by atoms with Crippen LogP contribution in [0.3, 0.4) is 0 Å². The molecule has 0 bridgehead atoms. The van der Waals surface area contributed by atoms with Gasteiger partial charge in [-0.15, -0.1) is 0 Å². The van der Waals surface area contributed by atoms with Gasteiger partial charge >= 0.3 is 0 Å². The summed E-state index contributed by atoms with van der Waals surface area (Å²) in [5.41, 5.74) is 5.39. The summed E-state index contributed by atoms with van der Waals surface area (Å²) in [7, 11) is -8.33.